The molecule has 2 unspecified atom stereocenters. The number of aryl methyl sites for hydroxylation is 3. The highest BCUT2D eigenvalue weighted by atomic mass is 32.2. The lowest BCUT2D eigenvalue weighted by Gasteiger charge is -2.19. The van der Waals surface area contributed by atoms with E-state index in [1.165, 1.54) is 22.3 Å². The SMILES string of the molecule is Cc1cc(C)c(C(N)CSCC(C)CO)c(C)c1. The molecule has 18 heavy (non-hydrogen) atoms. The molecule has 0 spiro atoms. The van der Waals surface area contributed by atoms with Crippen molar-refractivity contribution in [3.63, 3.8) is 0 Å². The van der Waals surface area contributed by atoms with Crippen LogP contribution < -0.4 is 5.73 Å². The van der Waals surface area contributed by atoms with Crippen LogP contribution in [0.3, 0.4) is 0 Å². The van der Waals surface area contributed by atoms with Crippen LogP contribution in [-0.4, -0.2) is 23.2 Å². The van der Waals surface area contributed by atoms with Gasteiger partial charge in [0, 0.05) is 18.4 Å². The zero-order valence-electron chi connectivity index (χ0n) is 11.9. The molecule has 102 valence electrons. The molecule has 0 saturated carbocycles. The average Bonchev–Trinajstić information content (AvgIpc) is 2.27. The molecular weight excluding hydrogens is 242 g/mol. The Hall–Kier alpha value is -0.510. The molecule has 0 radical (unpaired) electrons. The zero-order valence-corrected chi connectivity index (χ0v) is 12.7. The van der Waals surface area contributed by atoms with Gasteiger partial charge in [0.1, 0.15) is 0 Å². The van der Waals surface area contributed by atoms with Crippen molar-refractivity contribution in [1.29, 1.82) is 0 Å². The van der Waals surface area contributed by atoms with Crippen LogP contribution in [0.4, 0.5) is 0 Å². The molecule has 0 aliphatic heterocycles. The fourth-order valence-corrected chi connectivity index (χ4v) is 3.37. The normalized spacial score (nSPS) is 14.6. The van der Waals surface area contributed by atoms with E-state index in [1.54, 1.807) is 0 Å². The van der Waals surface area contributed by atoms with Gasteiger partial charge in [0.15, 0.2) is 0 Å². The molecule has 1 aromatic rings. The van der Waals surface area contributed by atoms with E-state index in [1.807, 2.05) is 11.8 Å². The van der Waals surface area contributed by atoms with Crippen molar-refractivity contribution < 1.29 is 5.11 Å². The Bertz CT molecular complexity index is 369. The minimum atomic E-state index is 0.0847. The second kappa shape index (κ2) is 7.17. The van der Waals surface area contributed by atoms with Gasteiger partial charge in [-0.05, 0) is 49.1 Å². The van der Waals surface area contributed by atoms with Gasteiger partial charge >= 0.3 is 0 Å². The molecule has 0 fully saturated rings. The molecule has 0 aromatic heterocycles. The van der Waals surface area contributed by atoms with Gasteiger partial charge < -0.3 is 10.8 Å². The number of hydrogen-bond acceptors (Lipinski definition) is 3. The van der Waals surface area contributed by atoms with Crippen LogP contribution >= 0.6 is 11.8 Å². The van der Waals surface area contributed by atoms with E-state index < -0.39 is 0 Å². The maximum absolute atomic E-state index is 8.99. The summed E-state index contributed by atoms with van der Waals surface area (Å²) in [6, 6.07) is 4.48. The lowest BCUT2D eigenvalue weighted by Crippen LogP contribution is -2.17. The lowest BCUT2D eigenvalue weighted by atomic mass is 9.95. The highest BCUT2D eigenvalue weighted by Crippen LogP contribution is 2.25. The molecule has 0 aliphatic carbocycles. The van der Waals surface area contributed by atoms with Crippen LogP contribution in [0.25, 0.3) is 0 Å². The number of rotatable bonds is 6. The Balaban J connectivity index is 2.64. The van der Waals surface area contributed by atoms with Crippen molar-refractivity contribution in [1.82, 2.24) is 0 Å². The first-order chi connectivity index (χ1) is 8.45. The van der Waals surface area contributed by atoms with Gasteiger partial charge in [0.2, 0.25) is 0 Å². The topological polar surface area (TPSA) is 46.2 Å². The first-order valence-corrected chi connectivity index (χ1v) is 7.63. The summed E-state index contributed by atoms with van der Waals surface area (Å²) in [4.78, 5) is 0. The summed E-state index contributed by atoms with van der Waals surface area (Å²) in [5, 5.41) is 8.99. The van der Waals surface area contributed by atoms with Crippen LogP contribution in [0.15, 0.2) is 12.1 Å². The number of hydrogen-bond donors (Lipinski definition) is 2. The molecule has 0 bridgehead atoms. The number of aliphatic hydroxyl groups excluding tert-OH is 1. The minimum absolute atomic E-state index is 0.0847. The zero-order chi connectivity index (χ0) is 13.7. The highest BCUT2D eigenvalue weighted by molar-refractivity contribution is 7.99. The van der Waals surface area contributed by atoms with E-state index in [-0.39, 0.29) is 12.6 Å². The summed E-state index contributed by atoms with van der Waals surface area (Å²) in [5.74, 6) is 2.23. The molecular formula is C15H25NOS. The van der Waals surface area contributed by atoms with Crippen LogP contribution in [-0.2, 0) is 0 Å². The van der Waals surface area contributed by atoms with E-state index in [2.05, 4.69) is 39.8 Å². The van der Waals surface area contributed by atoms with E-state index in [9.17, 15) is 0 Å². The quantitative estimate of drug-likeness (QED) is 0.833. The van der Waals surface area contributed by atoms with Gasteiger partial charge in [-0.15, -0.1) is 0 Å². The summed E-state index contributed by atoms with van der Waals surface area (Å²) >= 11 is 1.83. The van der Waals surface area contributed by atoms with Crippen LogP contribution in [0.5, 0.6) is 0 Å². The number of nitrogens with two attached hydrogens (primary N) is 1. The van der Waals surface area contributed by atoms with E-state index in [0.717, 1.165) is 11.5 Å². The van der Waals surface area contributed by atoms with Crippen LogP contribution in [0, 0.1) is 26.7 Å². The lowest BCUT2D eigenvalue weighted by molar-refractivity contribution is 0.250. The fraction of sp³-hybridized carbons (Fsp3) is 0.600. The van der Waals surface area contributed by atoms with Crippen molar-refractivity contribution in [3.05, 3.63) is 34.4 Å². The van der Waals surface area contributed by atoms with Crippen molar-refractivity contribution in [3.8, 4) is 0 Å². The largest absolute Gasteiger partial charge is 0.396 e. The molecule has 2 atom stereocenters. The van der Waals surface area contributed by atoms with Gasteiger partial charge in [-0.2, -0.15) is 11.8 Å². The van der Waals surface area contributed by atoms with Gasteiger partial charge in [-0.3, -0.25) is 0 Å². The number of thioether (sulfide) groups is 1. The highest BCUT2D eigenvalue weighted by Gasteiger charge is 2.13. The second-order valence-electron chi connectivity index (χ2n) is 5.24. The first kappa shape index (κ1) is 15.5. The average molecular weight is 267 g/mol. The van der Waals surface area contributed by atoms with E-state index in [4.69, 9.17) is 10.8 Å². The van der Waals surface area contributed by atoms with Crippen LogP contribution in [0.2, 0.25) is 0 Å². The summed E-state index contributed by atoms with van der Waals surface area (Å²) in [5.41, 5.74) is 11.4. The van der Waals surface area contributed by atoms with Gasteiger partial charge in [0.05, 0.1) is 0 Å². The number of aliphatic hydroxyl groups is 1. The van der Waals surface area contributed by atoms with E-state index in [0.29, 0.717) is 5.92 Å². The standard InChI is InChI=1S/C15H25NOS/c1-10-5-12(3)15(13(4)6-10)14(16)9-18-8-11(2)7-17/h5-6,11,14,17H,7-9,16H2,1-4H3. The van der Waals surface area contributed by atoms with Gasteiger partial charge in [-0.25, -0.2) is 0 Å². The maximum atomic E-state index is 8.99. The minimum Gasteiger partial charge on any atom is -0.396 e. The summed E-state index contributed by atoms with van der Waals surface area (Å²) in [6.07, 6.45) is 0. The first-order valence-electron chi connectivity index (χ1n) is 6.47. The van der Waals surface area contributed by atoms with E-state index >= 15 is 0 Å². The molecule has 2 nitrogen and oxygen atoms in total. The molecule has 0 amide bonds. The maximum Gasteiger partial charge on any atom is 0.0464 e. The van der Waals surface area contributed by atoms with Gasteiger partial charge in [-0.1, -0.05) is 24.6 Å². The molecule has 1 rings (SSSR count). The fourth-order valence-electron chi connectivity index (χ4n) is 2.31. The Morgan fingerprint density at radius 3 is 2.22 bits per heavy atom. The predicted molar refractivity (Wildman–Crippen MR) is 81.2 cm³/mol. The Morgan fingerprint density at radius 2 is 1.72 bits per heavy atom. The molecule has 3 heteroatoms. The van der Waals surface area contributed by atoms with Gasteiger partial charge in [0.25, 0.3) is 0 Å². The summed E-state index contributed by atoms with van der Waals surface area (Å²) in [6.45, 7) is 8.70. The van der Waals surface area contributed by atoms with Crippen molar-refractivity contribution in [2.24, 2.45) is 11.7 Å². The Labute approximate surface area is 115 Å². The molecule has 1 aromatic carbocycles. The number of benzene rings is 1. The Kier molecular flexibility index (Phi) is 6.19. The van der Waals surface area contributed by atoms with Crippen LogP contribution in [0.1, 0.15) is 35.2 Å². The monoisotopic (exact) mass is 267 g/mol. The van der Waals surface area contributed by atoms with Crippen molar-refractivity contribution >= 4 is 11.8 Å². The van der Waals surface area contributed by atoms with Crippen molar-refractivity contribution in [2.45, 2.75) is 33.7 Å². The molecule has 0 saturated heterocycles. The third kappa shape index (κ3) is 4.30. The molecule has 3 N–H and O–H groups in total. The third-order valence-corrected chi connectivity index (χ3v) is 4.52. The smallest absolute Gasteiger partial charge is 0.0464 e. The molecule has 0 aliphatic rings. The Morgan fingerprint density at radius 1 is 1.17 bits per heavy atom. The molecule has 0 heterocycles. The van der Waals surface area contributed by atoms with Crippen molar-refractivity contribution in [2.75, 3.05) is 18.1 Å². The third-order valence-electron chi connectivity index (χ3n) is 3.12. The summed E-state index contributed by atoms with van der Waals surface area (Å²) < 4.78 is 0. The predicted octanol–water partition coefficient (Wildman–Crippen LogP) is 2.97. The summed E-state index contributed by atoms with van der Waals surface area (Å²) in [7, 11) is 0. The second-order valence-corrected chi connectivity index (χ2v) is 6.32.